The molecule has 4 aromatic heterocycles. The number of benzene rings is 7. The van der Waals surface area contributed by atoms with Crippen molar-refractivity contribution in [3.63, 3.8) is 0 Å². The summed E-state index contributed by atoms with van der Waals surface area (Å²) in [7, 11) is 0. The monoisotopic (exact) mass is 683 g/mol. The topological polar surface area (TPSA) is 104 Å². The lowest BCUT2D eigenvalue weighted by Gasteiger charge is -2.09. The van der Waals surface area contributed by atoms with E-state index in [0.717, 1.165) is 71.6 Å². The second kappa shape index (κ2) is 11.5. The summed E-state index contributed by atoms with van der Waals surface area (Å²) in [6, 6.07) is 49.8. The summed E-state index contributed by atoms with van der Waals surface area (Å²) < 4.78 is 19.1. The predicted octanol–water partition coefficient (Wildman–Crippen LogP) is 11.5. The third-order valence-electron chi connectivity index (χ3n) is 9.60. The standard InChI is InChI=1S/C45H25N5O3/c1-4-11-27(12-5-1)41-48-42(50-43(49-41)31-17-10-18-33-40(31)53-44(46-33)28-13-6-2-7-14-28)30-20-19-26-21-22-34-37(32(26)25-30)38-35(51-34)23-24-36-39(38)47-45(52-36)29-15-8-3-9-16-29/h1-25H. The molecule has 0 radical (unpaired) electrons. The number of fused-ring (bicyclic) bond motifs is 8. The van der Waals surface area contributed by atoms with Gasteiger partial charge in [-0.15, -0.1) is 0 Å². The highest BCUT2D eigenvalue weighted by molar-refractivity contribution is 6.25. The van der Waals surface area contributed by atoms with E-state index < -0.39 is 0 Å². The Bertz CT molecular complexity index is 3170. The third-order valence-corrected chi connectivity index (χ3v) is 9.60. The van der Waals surface area contributed by atoms with Gasteiger partial charge < -0.3 is 13.3 Å². The van der Waals surface area contributed by atoms with Crippen LogP contribution in [0.25, 0.3) is 112 Å². The Morgan fingerprint density at radius 3 is 1.74 bits per heavy atom. The molecule has 0 aliphatic carbocycles. The molecule has 0 aliphatic rings. The lowest BCUT2D eigenvalue weighted by molar-refractivity contribution is 0.619. The van der Waals surface area contributed by atoms with Crippen LogP contribution in [0.1, 0.15) is 0 Å². The largest absolute Gasteiger partial charge is 0.456 e. The van der Waals surface area contributed by atoms with E-state index in [1.54, 1.807) is 0 Å². The van der Waals surface area contributed by atoms with Gasteiger partial charge >= 0.3 is 0 Å². The van der Waals surface area contributed by atoms with Gasteiger partial charge in [-0.2, -0.15) is 0 Å². The van der Waals surface area contributed by atoms with Gasteiger partial charge in [-0.1, -0.05) is 91.0 Å². The van der Waals surface area contributed by atoms with Crippen LogP contribution < -0.4 is 0 Å². The molecule has 0 aliphatic heterocycles. The van der Waals surface area contributed by atoms with Crippen LogP contribution in [-0.2, 0) is 0 Å². The van der Waals surface area contributed by atoms with Crippen molar-refractivity contribution in [3.05, 3.63) is 152 Å². The molecule has 0 bridgehead atoms. The van der Waals surface area contributed by atoms with Crippen LogP contribution in [0.15, 0.2) is 165 Å². The van der Waals surface area contributed by atoms with Crippen molar-refractivity contribution in [2.45, 2.75) is 0 Å². The summed E-state index contributed by atoms with van der Waals surface area (Å²) in [5.74, 6) is 2.66. The van der Waals surface area contributed by atoms with E-state index in [9.17, 15) is 0 Å². The number of furan rings is 1. The van der Waals surface area contributed by atoms with E-state index in [4.69, 9.17) is 38.2 Å². The SMILES string of the molecule is c1ccc(-c2nc(-c3ccc4ccc5oc6ccc7oc(-c8ccccc8)nc7c6c5c4c3)nc(-c3cccc4nc(-c5ccccc5)oc34)n2)cc1. The fourth-order valence-corrected chi connectivity index (χ4v) is 7.08. The van der Waals surface area contributed by atoms with Crippen molar-refractivity contribution >= 4 is 54.9 Å². The lowest BCUT2D eigenvalue weighted by Crippen LogP contribution is -2.00. The molecule has 8 heteroatoms. The van der Waals surface area contributed by atoms with Crippen LogP contribution in [0.2, 0.25) is 0 Å². The normalized spacial score (nSPS) is 11.8. The van der Waals surface area contributed by atoms with Gasteiger partial charge in [-0.05, 0) is 71.4 Å². The predicted molar refractivity (Wildman–Crippen MR) is 207 cm³/mol. The van der Waals surface area contributed by atoms with Gasteiger partial charge in [-0.3, -0.25) is 0 Å². The zero-order valence-corrected chi connectivity index (χ0v) is 27.9. The molecule has 8 nitrogen and oxygen atoms in total. The molecule has 0 amide bonds. The molecule has 0 saturated carbocycles. The van der Waals surface area contributed by atoms with Crippen molar-refractivity contribution in [1.29, 1.82) is 0 Å². The Kier molecular flexibility index (Phi) is 6.38. The first kappa shape index (κ1) is 29.3. The number of hydrogen-bond donors (Lipinski definition) is 0. The Balaban J connectivity index is 1.13. The second-order valence-electron chi connectivity index (χ2n) is 12.9. The van der Waals surface area contributed by atoms with Crippen LogP contribution in [0.4, 0.5) is 0 Å². The summed E-state index contributed by atoms with van der Waals surface area (Å²) >= 11 is 0. The molecule has 0 saturated heterocycles. The molecule has 53 heavy (non-hydrogen) atoms. The summed E-state index contributed by atoms with van der Waals surface area (Å²) in [5, 5.41) is 3.89. The Morgan fingerprint density at radius 1 is 0.377 bits per heavy atom. The van der Waals surface area contributed by atoms with Crippen LogP contribution in [-0.4, -0.2) is 24.9 Å². The fraction of sp³-hybridized carbons (Fsp3) is 0. The van der Waals surface area contributed by atoms with Gasteiger partial charge in [0.05, 0.1) is 10.9 Å². The summed E-state index contributed by atoms with van der Waals surface area (Å²) in [5.41, 5.74) is 8.50. The van der Waals surface area contributed by atoms with E-state index in [-0.39, 0.29) is 0 Å². The van der Waals surface area contributed by atoms with Gasteiger partial charge in [0.1, 0.15) is 22.2 Å². The summed E-state index contributed by atoms with van der Waals surface area (Å²) in [6.07, 6.45) is 0. The van der Waals surface area contributed by atoms with E-state index in [1.807, 2.05) is 133 Å². The van der Waals surface area contributed by atoms with Crippen molar-refractivity contribution in [3.8, 4) is 57.1 Å². The van der Waals surface area contributed by atoms with Gasteiger partial charge in [0.25, 0.3) is 0 Å². The van der Waals surface area contributed by atoms with Gasteiger partial charge in [-0.25, -0.2) is 24.9 Å². The molecule has 0 unspecified atom stereocenters. The van der Waals surface area contributed by atoms with Crippen LogP contribution >= 0.6 is 0 Å². The first-order valence-electron chi connectivity index (χ1n) is 17.2. The number of aromatic nitrogens is 5. The van der Waals surface area contributed by atoms with Crippen molar-refractivity contribution in [1.82, 2.24) is 24.9 Å². The molecule has 0 fully saturated rings. The summed E-state index contributed by atoms with van der Waals surface area (Å²) in [4.78, 5) is 24.9. The molecule has 7 aromatic carbocycles. The van der Waals surface area contributed by atoms with Gasteiger partial charge in [0.2, 0.25) is 11.8 Å². The third kappa shape index (κ3) is 4.81. The van der Waals surface area contributed by atoms with Gasteiger partial charge in [0, 0.05) is 27.6 Å². The number of oxazole rings is 2. The number of rotatable bonds is 5. The fourth-order valence-electron chi connectivity index (χ4n) is 7.08. The van der Waals surface area contributed by atoms with Crippen LogP contribution in [0, 0.1) is 0 Å². The zero-order chi connectivity index (χ0) is 34.9. The second-order valence-corrected chi connectivity index (χ2v) is 12.9. The smallest absolute Gasteiger partial charge is 0.227 e. The molecule has 0 N–H and O–H groups in total. The lowest BCUT2D eigenvalue weighted by atomic mass is 10.0. The quantitative estimate of drug-likeness (QED) is 0.176. The molecule has 0 spiro atoms. The van der Waals surface area contributed by atoms with Crippen molar-refractivity contribution in [2.24, 2.45) is 0 Å². The van der Waals surface area contributed by atoms with E-state index >= 15 is 0 Å². The maximum Gasteiger partial charge on any atom is 0.227 e. The van der Waals surface area contributed by atoms with Crippen LogP contribution in [0.3, 0.4) is 0 Å². The van der Waals surface area contributed by atoms with Crippen molar-refractivity contribution in [2.75, 3.05) is 0 Å². The minimum absolute atomic E-state index is 0.486. The van der Waals surface area contributed by atoms with E-state index in [2.05, 4.69) is 18.2 Å². The Labute approximate surface area is 301 Å². The number of para-hydroxylation sites is 1. The average molecular weight is 684 g/mol. The Morgan fingerprint density at radius 2 is 0.981 bits per heavy atom. The highest BCUT2D eigenvalue weighted by Crippen LogP contribution is 2.41. The zero-order valence-electron chi connectivity index (χ0n) is 27.9. The molecule has 11 rings (SSSR count). The minimum Gasteiger partial charge on any atom is -0.456 e. The van der Waals surface area contributed by atoms with Crippen LogP contribution in [0.5, 0.6) is 0 Å². The molecule has 248 valence electrons. The van der Waals surface area contributed by atoms with E-state index in [1.165, 1.54) is 0 Å². The Hall–Kier alpha value is -7.45. The van der Waals surface area contributed by atoms with Gasteiger partial charge in [0.15, 0.2) is 28.6 Å². The first-order valence-corrected chi connectivity index (χ1v) is 17.2. The molecule has 4 heterocycles. The highest BCUT2D eigenvalue weighted by atomic mass is 16.4. The molecular formula is C45H25N5O3. The summed E-state index contributed by atoms with van der Waals surface area (Å²) in [6.45, 7) is 0. The number of hydrogen-bond acceptors (Lipinski definition) is 8. The number of nitrogens with zero attached hydrogens (tertiary/aromatic N) is 5. The molecule has 0 atom stereocenters. The molecule has 11 aromatic rings. The van der Waals surface area contributed by atoms with Crippen molar-refractivity contribution < 1.29 is 13.3 Å². The van der Waals surface area contributed by atoms with E-state index in [0.29, 0.717) is 40.4 Å². The first-order chi connectivity index (χ1) is 26.2. The maximum absolute atomic E-state index is 6.42. The average Bonchev–Trinajstić information content (AvgIpc) is 3.97. The maximum atomic E-state index is 6.42. The molecular weight excluding hydrogens is 659 g/mol. The minimum atomic E-state index is 0.486. The highest BCUT2D eigenvalue weighted by Gasteiger charge is 2.21.